The van der Waals surface area contributed by atoms with Crippen LogP contribution in [0.15, 0.2) is 36.8 Å². The molecular weight excluding hydrogens is 274 g/mol. The Kier molecular flexibility index (Phi) is 2.70. The van der Waals surface area contributed by atoms with E-state index in [1.165, 1.54) is 0 Å². The summed E-state index contributed by atoms with van der Waals surface area (Å²) >= 11 is 0. The van der Waals surface area contributed by atoms with E-state index in [0.717, 1.165) is 16.8 Å². The van der Waals surface area contributed by atoms with Crippen molar-refractivity contribution in [3.63, 3.8) is 0 Å². The molecule has 1 aliphatic carbocycles. The molecule has 1 saturated carbocycles. The lowest BCUT2D eigenvalue weighted by atomic mass is 9.56. The third-order valence-electron chi connectivity index (χ3n) is 5.13. The monoisotopic (exact) mass is 290 g/mol. The summed E-state index contributed by atoms with van der Waals surface area (Å²) < 4.78 is 28.9. The minimum absolute atomic E-state index is 0.188. The fraction of sp³-hybridized carbons (Fsp3) is 0.438. The van der Waals surface area contributed by atoms with Gasteiger partial charge in [0, 0.05) is 16.9 Å². The molecule has 2 aromatic rings. The summed E-state index contributed by atoms with van der Waals surface area (Å²) in [5, 5.41) is 10.2. The molecule has 1 unspecified atom stereocenters. The van der Waals surface area contributed by atoms with Crippen LogP contribution in [0.2, 0.25) is 0 Å². The third kappa shape index (κ3) is 1.52. The number of hydrogen-bond donors (Lipinski definition) is 1. The Morgan fingerprint density at radius 3 is 2.76 bits per heavy atom. The summed E-state index contributed by atoms with van der Waals surface area (Å²) in [6.45, 7) is -1.48. The standard InChI is InChI=1S/C16H16F2N2O/c17-7-16(8-18)5-13(21)14(16)15-11-4-2-1-3-10(11)12-6-19-9-20(12)15/h1-4,6,9,13-15,21H,5,7-8H2/t13-,14+,15?/m1/s1. The number of rotatable bonds is 3. The Balaban J connectivity index is 1.86. The minimum atomic E-state index is -1.07. The molecule has 3 nitrogen and oxygen atoms in total. The molecule has 0 spiro atoms. The van der Waals surface area contributed by atoms with E-state index in [2.05, 4.69) is 4.98 Å². The van der Waals surface area contributed by atoms with Crippen molar-refractivity contribution >= 4 is 0 Å². The van der Waals surface area contributed by atoms with Gasteiger partial charge in [0.25, 0.3) is 0 Å². The molecule has 1 aliphatic heterocycles. The first-order chi connectivity index (χ1) is 10.2. The lowest BCUT2D eigenvalue weighted by Crippen LogP contribution is -2.57. The van der Waals surface area contributed by atoms with Crippen molar-refractivity contribution in [3.05, 3.63) is 42.4 Å². The number of hydrogen-bond acceptors (Lipinski definition) is 2. The molecule has 21 heavy (non-hydrogen) atoms. The second-order valence-electron chi connectivity index (χ2n) is 6.15. The molecule has 1 aromatic carbocycles. The minimum Gasteiger partial charge on any atom is -0.393 e. The lowest BCUT2D eigenvalue weighted by molar-refractivity contribution is -0.143. The summed E-state index contributed by atoms with van der Waals surface area (Å²) in [6, 6.07) is 7.57. The predicted molar refractivity (Wildman–Crippen MR) is 74.3 cm³/mol. The average molecular weight is 290 g/mol. The quantitative estimate of drug-likeness (QED) is 0.944. The van der Waals surface area contributed by atoms with E-state index in [0.29, 0.717) is 0 Å². The van der Waals surface area contributed by atoms with E-state index in [9.17, 15) is 13.9 Å². The van der Waals surface area contributed by atoms with Crippen LogP contribution in [0, 0.1) is 11.3 Å². The molecule has 110 valence electrons. The maximum atomic E-state index is 13.5. The zero-order chi connectivity index (χ0) is 14.6. The molecule has 0 radical (unpaired) electrons. The van der Waals surface area contributed by atoms with E-state index in [4.69, 9.17) is 0 Å². The topological polar surface area (TPSA) is 38.1 Å². The van der Waals surface area contributed by atoms with Gasteiger partial charge >= 0.3 is 0 Å². The largest absolute Gasteiger partial charge is 0.393 e. The first-order valence-electron chi connectivity index (χ1n) is 7.13. The van der Waals surface area contributed by atoms with Crippen LogP contribution >= 0.6 is 0 Å². The van der Waals surface area contributed by atoms with Crippen LogP contribution in [0.5, 0.6) is 0 Å². The molecule has 1 aromatic heterocycles. The van der Waals surface area contributed by atoms with Gasteiger partial charge in [-0.05, 0) is 12.0 Å². The summed E-state index contributed by atoms with van der Waals surface area (Å²) in [4.78, 5) is 4.15. The van der Waals surface area contributed by atoms with Crippen molar-refractivity contribution in [3.8, 4) is 11.3 Å². The first-order valence-corrected chi connectivity index (χ1v) is 7.13. The van der Waals surface area contributed by atoms with Gasteiger partial charge in [0.2, 0.25) is 0 Å². The Labute approximate surface area is 121 Å². The molecule has 0 saturated heterocycles. The van der Waals surface area contributed by atoms with Crippen LogP contribution in [-0.4, -0.2) is 34.1 Å². The molecule has 0 bridgehead atoms. The van der Waals surface area contributed by atoms with Crippen LogP contribution in [0.25, 0.3) is 11.3 Å². The molecule has 1 fully saturated rings. The molecule has 4 rings (SSSR count). The van der Waals surface area contributed by atoms with Gasteiger partial charge in [0.15, 0.2) is 0 Å². The van der Waals surface area contributed by atoms with Gasteiger partial charge in [-0.1, -0.05) is 24.3 Å². The van der Waals surface area contributed by atoms with Crippen LogP contribution in [0.1, 0.15) is 18.0 Å². The van der Waals surface area contributed by atoms with Crippen molar-refractivity contribution in [2.75, 3.05) is 13.3 Å². The van der Waals surface area contributed by atoms with Gasteiger partial charge < -0.3 is 9.67 Å². The maximum Gasteiger partial charge on any atom is 0.0981 e. The molecule has 1 N–H and O–H groups in total. The Bertz CT molecular complexity index is 680. The summed E-state index contributed by atoms with van der Waals surface area (Å²) in [5.41, 5.74) is 1.93. The third-order valence-corrected chi connectivity index (χ3v) is 5.13. The van der Waals surface area contributed by atoms with E-state index in [-0.39, 0.29) is 12.5 Å². The van der Waals surface area contributed by atoms with Crippen molar-refractivity contribution < 1.29 is 13.9 Å². The average Bonchev–Trinajstić information content (AvgIpc) is 3.08. The zero-order valence-electron chi connectivity index (χ0n) is 11.4. The molecule has 5 heteroatoms. The van der Waals surface area contributed by atoms with E-state index in [1.807, 2.05) is 28.8 Å². The zero-order valence-corrected chi connectivity index (χ0v) is 11.4. The van der Waals surface area contributed by atoms with E-state index < -0.39 is 30.8 Å². The molecular formula is C16H16F2N2O. The molecule has 2 aliphatic rings. The number of fused-ring (bicyclic) bond motifs is 3. The molecule has 3 atom stereocenters. The van der Waals surface area contributed by atoms with Crippen molar-refractivity contribution in [1.29, 1.82) is 0 Å². The smallest absolute Gasteiger partial charge is 0.0981 e. The van der Waals surface area contributed by atoms with E-state index in [1.54, 1.807) is 12.5 Å². The van der Waals surface area contributed by atoms with Crippen LogP contribution in [-0.2, 0) is 0 Å². The first kappa shape index (κ1) is 13.0. The van der Waals surface area contributed by atoms with Crippen molar-refractivity contribution in [1.82, 2.24) is 9.55 Å². The fourth-order valence-corrected chi connectivity index (χ4v) is 4.03. The van der Waals surface area contributed by atoms with Crippen LogP contribution in [0.4, 0.5) is 8.78 Å². The van der Waals surface area contributed by atoms with Gasteiger partial charge in [0.1, 0.15) is 0 Å². The number of nitrogens with zero attached hydrogens (tertiary/aromatic N) is 2. The highest BCUT2D eigenvalue weighted by Crippen LogP contribution is 2.57. The van der Waals surface area contributed by atoms with Crippen LogP contribution < -0.4 is 0 Å². The highest BCUT2D eigenvalue weighted by molar-refractivity contribution is 5.69. The van der Waals surface area contributed by atoms with Crippen LogP contribution in [0.3, 0.4) is 0 Å². The number of aromatic nitrogens is 2. The Morgan fingerprint density at radius 1 is 1.29 bits per heavy atom. The number of aliphatic hydroxyl groups excluding tert-OH is 1. The van der Waals surface area contributed by atoms with Crippen molar-refractivity contribution in [2.24, 2.45) is 11.3 Å². The van der Waals surface area contributed by atoms with Crippen molar-refractivity contribution in [2.45, 2.75) is 18.6 Å². The molecule has 2 heterocycles. The second kappa shape index (κ2) is 4.37. The lowest BCUT2D eigenvalue weighted by Gasteiger charge is -2.53. The van der Waals surface area contributed by atoms with Gasteiger partial charge in [-0.2, -0.15) is 0 Å². The summed E-state index contributed by atoms with van der Waals surface area (Å²) in [7, 11) is 0. The summed E-state index contributed by atoms with van der Waals surface area (Å²) in [5.74, 6) is -0.455. The van der Waals surface area contributed by atoms with Gasteiger partial charge in [-0.15, -0.1) is 0 Å². The Hall–Kier alpha value is -1.75. The number of imidazole rings is 1. The van der Waals surface area contributed by atoms with E-state index >= 15 is 0 Å². The number of benzene rings is 1. The summed E-state index contributed by atoms with van der Waals surface area (Å²) in [6.07, 6.45) is 2.96. The Morgan fingerprint density at radius 2 is 2.05 bits per heavy atom. The van der Waals surface area contributed by atoms with Gasteiger partial charge in [-0.25, -0.2) is 4.98 Å². The number of aliphatic hydroxyl groups is 1. The van der Waals surface area contributed by atoms with Gasteiger partial charge in [-0.3, -0.25) is 8.78 Å². The fourth-order valence-electron chi connectivity index (χ4n) is 4.03. The normalized spacial score (nSPS) is 28.8. The predicted octanol–water partition coefficient (Wildman–Crippen LogP) is 2.76. The highest BCUT2D eigenvalue weighted by Gasteiger charge is 2.59. The highest BCUT2D eigenvalue weighted by atomic mass is 19.1. The second-order valence-corrected chi connectivity index (χ2v) is 6.15. The van der Waals surface area contributed by atoms with Gasteiger partial charge in [0.05, 0.1) is 43.7 Å². The SMILES string of the molecule is O[C@@H]1CC(CF)(CF)[C@@H]1C1c2ccccc2-c2cncn21. The number of alkyl halides is 2. The number of halogens is 2. The molecule has 0 amide bonds. The maximum absolute atomic E-state index is 13.5.